The summed E-state index contributed by atoms with van der Waals surface area (Å²) in [7, 11) is 2.95. The lowest BCUT2D eigenvalue weighted by atomic mass is 9.79. The molecule has 0 unspecified atom stereocenters. The van der Waals surface area contributed by atoms with Gasteiger partial charge in [-0.15, -0.1) is 0 Å². The van der Waals surface area contributed by atoms with Gasteiger partial charge in [0.2, 0.25) is 0 Å². The third-order valence-electron chi connectivity index (χ3n) is 6.04. The largest absolute Gasteiger partial charge is 0.493 e. The molecule has 1 aliphatic heterocycles. The van der Waals surface area contributed by atoms with Crippen molar-refractivity contribution in [2.24, 2.45) is 0 Å². The van der Waals surface area contributed by atoms with Crippen molar-refractivity contribution in [3.05, 3.63) is 23.8 Å². The van der Waals surface area contributed by atoms with Crippen LogP contribution in [0.4, 0.5) is 0 Å². The second-order valence-corrected chi connectivity index (χ2v) is 7.78. The fourth-order valence-electron chi connectivity index (χ4n) is 4.42. The molecule has 0 spiro atoms. The molecule has 1 heterocycles. The number of hydrogen-bond acceptors (Lipinski definition) is 7. The minimum atomic E-state index is -0.624. The van der Waals surface area contributed by atoms with Gasteiger partial charge in [0.25, 0.3) is 5.91 Å². The molecule has 1 saturated carbocycles. The Labute approximate surface area is 177 Å². The molecule has 0 aromatic heterocycles. The molecular formula is C22H32N2O6. The number of para-hydroxylation sites is 1. The lowest BCUT2D eigenvalue weighted by Crippen LogP contribution is -2.59. The highest BCUT2D eigenvalue weighted by Crippen LogP contribution is 2.34. The topological polar surface area (TPSA) is 86.3 Å². The first-order valence-electron chi connectivity index (χ1n) is 10.6. The molecule has 3 rings (SSSR count). The molecule has 1 amide bonds. The molecule has 8 heteroatoms. The van der Waals surface area contributed by atoms with Crippen LogP contribution in [0.25, 0.3) is 0 Å². The molecule has 1 saturated heterocycles. The maximum Gasteiger partial charge on any atom is 0.342 e. The zero-order chi connectivity index (χ0) is 21.4. The van der Waals surface area contributed by atoms with Crippen molar-refractivity contribution in [1.82, 2.24) is 10.2 Å². The van der Waals surface area contributed by atoms with Crippen LogP contribution >= 0.6 is 0 Å². The minimum absolute atomic E-state index is 0.0300. The van der Waals surface area contributed by atoms with E-state index in [1.807, 2.05) is 0 Å². The van der Waals surface area contributed by atoms with Crippen molar-refractivity contribution in [2.75, 3.05) is 53.7 Å². The Kier molecular flexibility index (Phi) is 7.93. The van der Waals surface area contributed by atoms with E-state index in [0.29, 0.717) is 18.0 Å². The number of ether oxygens (including phenoxy) is 4. The average Bonchev–Trinajstić information content (AvgIpc) is 2.81. The van der Waals surface area contributed by atoms with Crippen molar-refractivity contribution < 1.29 is 28.5 Å². The average molecular weight is 421 g/mol. The molecule has 166 valence electrons. The fraction of sp³-hybridized carbons (Fsp3) is 0.636. The van der Waals surface area contributed by atoms with Crippen LogP contribution in [0.1, 0.15) is 42.5 Å². The van der Waals surface area contributed by atoms with Gasteiger partial charge in [-0.25, -0.2) is 4.79 Å². The molecule has 1 aliphatic carbocycles. The van der Waals surface area contributed by atoms with Crippen LogP contribution in [0, 0.1) is 0 Å². The Bertz CT molecular complexity index is 726. The lowest BCUT2D eigenvalue weighted by Gasteiger charge is -2.48. The first kappa shape index (κ1) is 22.4. The van der Waals surface area contributed by atoms with Crippen molar-refractivity contribution in [2.45, 2.75) is 37.6 Å². The van der Waals surface area contributed by atoms with Crippen molar-refractivity contribution >= 4 is 11.9 Å². The number of methoxy groups -OCH3 is 2. The van der Waals surface area contributed by atoms with E-state index in [2.05, 4.69) is 10.2 Å². The van der Waals surface area contributed by atoms with Crippen LogP contribution in [-0.4, -0.2) is 76.0 Å². The van der Waals surface area contributed by atoms with Gasteiger partial charge in [-0.05, 0) is 25.0 Å². The third kappa shape index (κ3) is 5.23. The number of hydrogen-bond donors (Lipinski definition) is 1. The van der Waals surface area contributed by atoms with Crippen LogP contribution in [0.2, 0.25) is 0 Å². The van der Waals surface area contributed by atoms with E-state index in [1.54, 1.807) is 18.2 Å². The highest BCUT2D eigenvalue weighted by molar-refractivity contribution is 5.94. The van der Waals surface area contributed by atoms with E-state index < -0.39 is 5.97 Å². The Balaban J connectivity index is 1.55. The number of esters is 1. The van der Waals surface area contributed by atoms with Crippen LogP contribution in [0.3, 0.4) is 0 Å². The molecule has 30 heavy (non-hydrogen) atoms. The fourth-order valence-corrected chi connectivity index (χ4v) is 4.42. The Morgan fingerprint density at radius 3 is 2.50 bits per heavy atom. The van der Waals surface area contributed by atoms with E-state index in [0.717, 1.165) is 52.0 Å². The van der Waals surface area contributed by atoms with E-state index in [-0.39, 0.29) is 23.6 Å². The maximum absolute atomic E-state index is 12.5. The Morgan fingerprint density at radius 2 is 1.83 bits per heavy atom. The molecule has 0 bridgehead atoms. The van der Waals surface area contributed by atoms with E-state index in [9.17, 15) is 9.59 Å². The van der Waals surface area contributed by atoms with Crippen molar-refractivity contribution in [1.29, 1.82) is 0 Å². The summed E-state index contributed by atoms with van der Waals surface area (Å²) in [6.45, 7) is 3.47. The van der Waals surface area contributed by atoms with E-state index in [4.69, 9.17) is 18.9 Å². The van der Waals surface area contributed by atoms with Gasteiger partial charge in [-0.1, -0.05) is 25.3 Å². The van der Waals surface area contributed by atoms with Crippen LogP contribution < -0.4 is 14.8 Å². The maximum atomic E-state index is 12.5. The molecule has 2 fully saturated rings. The summed E-state index contributed by atoms with van der Waals surface area (Å²) in [6.07, 6.45) is 5.69. The smallest absolute Gasteiger partial charge is 0.342 e. The Hall–Kier alpha value is -2.32. The number of amides is 1. The van der Waals surface area contributed by atoms with Gasteiger partial charge in [0.15, 0.2) is 18.1 Å². The number of rotatable bonds is 8. The van der Waals surface area contributed by atoms with Crippen molar-refractivity contribution in [3.8, 4) is 11.5 Å². The van der Waals surface area contributed by atoms with Gasteiger partial charge < -0.3 is 24.3 Å². The molecule has 8 nitrogen and oxygen atoms in total. The highest BCUT2D eigenvalue weighted by Gasteiger charge is 2.38. The molecule has 1 N–H and O–H groups in total. The summed E-state index contributed by atoms with van der Waals surface area (Å²) in [5, 5.41) is 2.99. The number of benzene rings is 1. The van der Waals surface area contributed by atoms with Crippen molar-refractivity contribution in [3.63, 3.8) is 0 Å². The number of nitrogens with zero attached hydrogens (tertiary/aromatic N) is 1. The molecular weight excluding hydrogens is 388 g/mol. The zero-order valence-electron chi connectivity index (χ0n) is 17.9. The van der Waals surface area contributed by atoms with Gasteiger partial charge in [0.05, 0.1) is 27.4 Å². The van der Waals surface area contributed by atoms with Gasteiger partial charge in [0.1, 0.15) is 5.56 Å². The molecule has 1 aromatic carbocycles. The summed E-state index contributed by atoms with van der Waals surface area (Å²) in [6, 6.07) is 4.95. The molecule has 0 atom stereocenters. The zero-order valence-corrected chi connectivity index (χ0v) is 17.9. The molecule has 0 radical (unpaired) electrons. The third-order valence-corrected chi connectivity index (χ3v) is 6.04. The van der Waals surface area contributed by atoms with Gasteiger partial charge in [-0.3, -0.25) is 9.69 Å². The Morgan fingerprint density at radius 1 is 1.10 bits per heavy atom. The summed E-state index contributed by atoms with van der Waals surface area (Å²) in [5.41, 5.74) is 0.194. The van der Waals surface area contributed by atoms with E-state index >= 15 is 0 Å². The quantitative estimate of drug-likeness (QED) is 0.644. The summed E-state index contributed by atoms with van der Waals surface area (Å²) < 4.78 is 21.2. The summed E-state index contributed by atoms with van der Waals surface area (Å²) in [4.78, 5) is 27.4. The molecule has 1 aromatic rings. The minimum Gasteiger partial charge on any atom is -0.493 e. The number of carbonyl (C=O) groups is 2. The lowest BCUT2D eigenvalue weighted by molar-refractivity contribution is -0.125. The number of carbonyl (C=O) groups excluding carboxylic acids is 2. The van der Waals surface area contributed by atoms with Crippen LogP contribution in [0.5, 0.6) is 11.5 Å². The SMILES string of the molecule is COc1cccc(C(=O)OCC(=O)NCC2(N3CCOCC3)CCCCC2)c1OC. The van der Waals surface area contributed by atoms with E-state index in [1.165, 1.54) is 20.6 Å². The standard InChI is InChI=1S/C22H32N2O6/c1-27-18-8-6-7-17(20(18)28-2)21(26)30-15-19(25)23-16-22(9-4-3-5-10-22)24-11-13-29-14-12-24/h6-8H,3-5,9-16H2,1-2H3,(H,23,25). The second-order valence-electron chi connectivity index (χ2n) is 7.78. The predicted molar refractivity (Wildman–Crippen MR) is 111 cm³/mol. The van der Waals surface area contributed by atoms with Crippen LogP contribution in [-0.2, 0) is 14.3 Å². The first-order chi connectivity index (χ1) is 14.6. The van der Waals surface area contributed by atoms with Gasteiger partial charge >= 0.3 is 5.97 Å². The normalized spacial score (nSPS) is 19.0. The first-order valence-corrected chi connectivity index (χ1v) is 10.6. The molecule has 2 aliphatic rings. The number of morpholine rings is 1. The number of nitrogens with one attached hydrogen (secondary N) is 1. The summed E-state index contributed by atoms with van der Waals surface area (Å²) >= 11 is 0. The predicted octanol–water partition coefficient (Wildman–Crippen LogP) is 2.01. The van der Waals surface area contributed by atoms with Crippen LogP contribution in [0.15, 0.2) is 18.2 Å². The summed E-state index contributed by atoms with van der Waals surface area (Å²) in [5.74, 6) is -0.204. The monoisotopic (exact) mass is 420 g/mol. The van der Waals surface area contributed by atoms with Gasteiger partial charge in [-0.2, -0.15) is 0 Å². The van der Waals surface area contributed by atoms with Gasteiger partial charge in [0, 0.05) is 25.2 Å². The highest BCUT2D eigenvalue weighted by atomic mass is 16.5. The second kappa shape index (κ2) is 10.6.